The number of aliphatic hydroxyl groups excluding tert-OH is 3. The van der Waals surface area contributed by atoms with Crippen LogP contribution in [0.25, 0.3) is 22.3 Å². The van der Waals surface area contributed by atoms with Gasteiger partial charge in [-0.05, 0) is 119 Å². The number of pyridine rings is 2. The van der Waals surface area contributed by atoms with Gasteiger partial charge in [0.25, 0.3) is 5.56 Å². The van der Waals surface area contributed by atoms with E-state index < -0.39 is 126 Å². The summed E-state index contributed by atoms with van der Waals surface area (Å²) < 4.78 is 45.1. The number of carbonyl (C=O) groups excluding carboxylic acids is 4. The number of aromatic nitrogens is 2. The number of hydrogen-bond acceptors (Lipinski definition) is 21. The molecule has 0 radical (unpaired) electrons. The third kappa shape index (κ3) is 13.7. The third-order valence-corrected chi connectivity index (χ3v) is 18.8. The number of carbonyl (C=O) groups is 4. The maximum Gasteiger partial charge on any atom is 0.355 e. The van der Waals surface area contributed by atoms with Crippen LogP contribution >= 0.6 is 0 Å². The summed E-state index contributed by atoms with van der Waals surface area (Å²) in [6.07, 6.45) is -11.3. The highest BCUT2D eigenvalue weighted by molar-refractivity contribution is 5.89. The van der Waals surface area contributed by atoms with Crippen molar-refractivity contribution in [3.63, 3.8) is 0 Å². The van der Waals surface area contributed by atoms with Crippen LogP contribution in [0.1, 0.15) is 144 Å². The fourth-order valence-corrected chi connectivity index (χ4v) is 13.9. The lowest BCUT2D eigenvalue weighted by atomic mass is 9.77. The highest BCUT2D eigenvalue weighted by Crippen LogP contribution is 2.43. The number of rotatable bonds is 15. The summed E-state index contributed by atoms with van der Waals surface area (Å²) in [7, 11) is 3.68. The van der Waals surface area contributed by atoms with Crippen molar-refractivity contribution in [3.05, 3.63) is 63.4 Å². The Balaban J connectivity index is 0.985. The number of amides is 1. The highest BCUT2D eigenvalue weighted by atomic mass is 16.7. The number of ether oxygens (including phenoxy) is 7. The van der Waals surface area contributed by atoms with Gasteiger partial charge in [0.1, 0.15) is 36.6 Å². The van der Waals surface area contributed by atoms with Crippen LogP contribution in [0, 0.1) is 17.8 Å². The van der Waals surface area contributed by atoms with Gasteiger partial charge in [-0.1, -0.05) is 45.9 Å². The van der Waals surface area contributed by atoms with Gasteiger partial charge in [-0.25, -0.2) is 9.78 Å². The lowest BCUT2D eigenvalue weighted by molar-refractivity contribution is -0.316. The first-order valence-corrected chi connectivity index (χ1v) is 30.6. The molecule has 3 fully saturated rings. The third-order valence-electron chi connectivity index (χ3n) is 18.8. The molecule has 86 heavy (non-hydrogen) atoms. The van der Waals surface area contributed by atoms with Gasteiger partial charge in [-0.15, -0.1) is 0 Å². The van der Waals surface area contributed by atoms with Crippen LogP contribution in [0.3, 0.4) is 0 Å². The summed E-state index contributed by atoms with van der Waals surface area (Å²) in [5.74, 6) is -5.46. The Kier molecular flexibility index (Phi) is 20.7. The van der Waals surface area contributed by atoms with E-state index in [4.69, 9.17) is 38.1 Å². The molecule has 0 spiro atoms. The normalized spacial score (nSPS) is 37.3. The predicted molar refractivity (Wildman–Crippen MR) is 314 cm³/mol. The van der Waals surface area contributed by atoms with Gasteiger partial charge in [0.2, 0.25) is 11.5 Å². The molecule has 0 bridgehead atoms. The van der Waals surface area contributed by atoms with Crippen molar-refractivity contribution in [2.75, 3.05) is 33.7 Å². The first-order chi connectivity index (χ1) is 40.3. The SMILES string of the molecule is CCC1OC(=O)C(C)C(OC2CC(C)(O)C(O)C(C)O2)C(C)C(OC2OC(C)CC(N(C)C)C2O)C(C)(O)CC(C)CN(CCCNC(=O)CCC(=O)O[C@]2(CC)C(=O)OCc3c2cc2n(c3=O)Cc3cc4ccccc4nc3-2)C(C)C(O)C1(C)O. The Morgan fingerprint density at radius 3 is 2.28 bits per heavy atom. The number of likely N-dealkylation sites (N-methyl/N-ethyl adjacent to an activating group) is 1. The number of aliphatic hydroxyl groups is 6. The van der Waals surface area contributed by atoms with Gasteiger partial charge in [0.15, 0.2) is 12.6 Å². The smallest absolute Gasteiger partial charge is 0.355 e. The van der Waals surface area contributed by atoms with Crippen LogP contribution in [0.4, 0.5) is 0 Å². The molecule has 7 heterocycles. The molecule has 0 aliphatic carbocycles. The number of cyclic esters (lactones) is 2. The number of benzene rings is 1. The molecular formula is C63H93N5O18. The average Bonchev–Trinajstić information content (AvgIpc) is 1.44. The van der Waals surface area contributed by atoms with Crippen molar-refractivity contribution in [2.24, 2.45) is 17.8 Å². The summed E-state index contributed by atoms with van der Waals surface area (Å²) in [6, 6.07) is 10.1. The molecule has 7 N–H and O–H groups in total. The Hall–Kier alpha value is -5.02. The van der Waals surface area contributed by atoms with Gasteiger partial charge >= 0.3 is 17.9 Å². The van der Waals surface area contributed by atoms with E-state index in [-0.39, 0.29) is 99.6 Å². The number of hydrogen-bond donors (Lipinski definition) is 7. The quantitative estimate of drug-likeness (QED) is 0.0509. The van der Waals surface area contributed by atoms with E-state index >= 15 is 0 Å². The standard InChI is InChI=1S/C63H93N5O18/c1-14-46-62(11,79)53(72)37(7)67(24-18-23-64-47(69)21-22-48(70)86-63(15-2)42-27-44-50-40(26-39-19-16-17-20-43(39)65-50)31-68(44)56(74)41(42)32-80-59(63)76)30-33(3)28-61(10,78)55(85-58-51(71)45(66(12)13)25-34(4)81-58)35(5)52(36(6)57(75)83-46)84-49-29-60(9,77)54(73)38(8)82-49/h16-17,19-20,26-27,33-38,45-46,49,51-55,58,71-73,77-79H,14-15,18,21-25,28-32H2,1-13H3,(H,64,69)/t33?,34?,35?,36?,37?,38?,45?,46?,49?,51?,52?,53?,54?,55?,58?,60?,61?,62?,63-/m0/s1. The van der Waals surface area contributed by atoms with Gasteiger partial charge in [-0.2, -0.15) is 0 Å². The van der Waals surface area contributed by atoms with Crippen molar-refractivity contribution in [2.45, 2.75) is 237 Å². The van der Waals surface area contributed by atoms with Crippen LogP contribution in [0.5, 0.6) is 0 Å². The maximum atomic E-state index is 14.6. The largest absolute Gasteiger partial charge is 0.459 e. The van der Waals surface area contributed by atoms with Crippen LogP contribution in [-0.2, 0) is 71.1 Å². The Bertz CT molecular complexity index is 2990. The molecule has 23 heteroatoms. The van der Waals surface area contributed by atoms with Gasteiger partial charge < -0.3 is 78.6 Å². The lowest BCUT2D eigenvalue weighted by Gasteiger charge is -2.48. The van der Waals surface area contributed by atoms with Crippen molar-refractivity contribution in [3.8, 4) is 11.4 Å². The first-order valence-electron chi connectivity index (χ1n) is 30.6. The zero-order chi connectivity index (χ0) is 63.1. The van der Waals surface area contributed by atoms with Crippen molar-refractivity contribution < 1.29 is 83.0 Å². The minimum absolute atomic E-state index is 0.0471. The molecule has 2 aromatic heterocycles. The molecule has 18 unspecified atom stereocenters. The fraction of sp³-hybridized carbons (Fsp3) is 0.714. The molecule has 1 aromatic carbocycles. The zero-order valence-electron chi connectivity index (χ0n) is 52.2. The number of esters is 3. The summed E-state index contributed by atoms with van der Waals surface area (Å²) >= 11 is 0. The molecule has 5 aliphatic rings. The molecule has 23 nitrogen and oxygen atoms in total. The minimum atomic E-state index is -2.03. The molecule has 8 rings (SSSR count). The Labute approximate surface area is 503 Å². The van der Waals surface area contributed by atoms with E-state index in [1.807, 2.05) is 68.1 Å². The summed E-state index contributed by atoms with van der Waals surface area (Å²) in [6.45, 7) is 18.8. The fourth-order valence-electron chi connectivity index (χ4n) is 13.9. The van der Waals surface area contributed by atoms with Crippen LogP contribution in [-0.4, -0.2) is 198 Å². The van der Waals surface area contributed by atoms with Crippen molar-refractivity contribution in [1.29, 1.82) is 0 Å². The molecule has 5 aliphatic heterocycles. The molecule has 0 saturated carbocycles. The Morgan fingerprint density at radius 2 is 1.60 bits per heavy atom. The van der Waals surface area contributed by atoms with E-state index in [1.165, 1.54) is 13.8 Å². The van der Waals surface area contributed by atoms with E-state index in [9.17, 15) is 54.6 Å². The summed E-state index contributed by atoms with van der Waals surface area (Å²) in [4.78, 5) is 78.2. The molecular weight excluding hydrogens is 1110 g/mol. The monoisotopic (exact) mass is 1210 g/mol. The second-order valence-corrected chi connectivity index (χ2v) is 26.0. The molecule has 1 amide bonds. The van der Waals surface area contributed by atoms with Crippen molar-refractivity contribution >= 4 is 34.7 Å². The lowest BCUT2D eigenvalue weighted by Crippen LogP contribution is -2.60. The van der Waals surface area contributed by atoms with E-state index in [1.54, 1.807) is 59.1 Å². The second kappa shape index (κ2) is 26.6. The van der Waals surface area contributed by atoms with Gasteiger partial charge in [0, 0.05) is 67.0 Å². The number of nitrogens with zero attached hydrogens (tertiary/aromatic N) is 4. The van der Waals surface area contributed by atoms with Gasteiger partial charge in [-0.3, -0.25) is 24.1 Å². The zero-order valence-corrected chi connectivity index (χ0v) is 52.2. The maximum absolute atomic E-state index is 14.6. The summed E-state index contributed by atoms with van der Waals surface area (Å²) in [5.41, 5.74) is -4.73. The predicted octanol–water partition coefficient (Wildman–Crippen LogP) is 3.55. The topological polar surface area (TPSA) is 308 Å². The van der Waals surface area contributed by atoms with Crippen molar-refractivity contribution in [1.82, 2.24) is 24.7 Å². The van der Waals surface area contributed by atoms with Gasteiger partial charge in [0.05, 0.1) is 77.0 Å². The molecule has 19 atom stereocenters. The molecule has 3 saturated heterocycles. The second-order valence-electron chi connectivity index (χ2n) is 26.0. The molecule has 3 aromatic rings. The first kappa shape index (κ1) is 66.9. The molecule has 478 valence electrons. The average molecular weight is 1210 g/mol. The number of nitrogens with one attached hydrogen (secondary N) is 1. The van der Waals surface area contributed by atoms with Crippen LogP contribution < -0.4 is 10.9 Å². The van der Waals surface area contributed by atoms with E-state index in [0.29, 0.717) is 24.2 Å². The number of fused-ring (bicyclic) bond motifs is 5. The summed E-state index contributed by atoms with van der Waals surface area (Å²) in [5, 5.41) is 75.1. The van der Waals surface area contributed by atoms with Crippen LogP contribution in [0.2, 0.25) is 0 Å². The van der Waals surface area contributed by atoms with E-state index in [2.05, 4.69) is 5.32 Å². The minimum Gasteiger partial charge on any atom is -0.459 e. The van der Waals surface area contributed by atoms with Crippen LogP contribution in [0.15, 0.2) is 41.2 Å². The van der Waals surface area contributed by atoms with E-state index in [0.717, 1.165) is 16.5 Å². The Morgan fingerprint density at radius 1 is 0.895 bits per heavy atom. The number of para-hydroxylation sites is 1. The highest BCUT2D eigenvalue weighted by Gasteiger charge is 2.54.